The van der Waals surface area contributed by atoms with Gasteiger partial charge in [-0.2, -0.15) is 0 Å². The van der Waals surface area contributed by atoms with Crippen LogP contribution in [0.15, 0.2) is 0 Å². The minimum absolute atomic E-state index is 0.130. The van der Waals surface area contributed by atoms with Gasteiger partial charge in [-0.3, -0.25) is 9.59 Å². The molecule has 0 heterocycles. The van der Waals surface area contributed by atoms with Gasteiger partial charge in [-0.1, -0.05) is 26.7 Å². The van der Waals surface area contributed by atoms with Crippen LogP contribution in [0.3, 0.4) is 0 Å². The van der Waals surface area contributed by atoms with Crippen LogP contribution in [0.1, 0.15) is 58.8 Å². The van der Waals surface area contributed by atoms with Gasteiger partial charge in [0.25, 0.3) is 0 Å². The third kappa shape index (κ3) is 3.41. The van der Waals surface area contributed by atoms with E-state index in [0.29, 0.717) is 11.8 Å². The molecule has 2 saturated carbocycles. The summed E-state index contributed by atoms with van der Waals surface area (Å²) in [7, 11) is 0. The van der Waals surface area contributed by atoms with E-state index in [2.05, 4.69) is 13.8 Å². The molecule has 4 atom stereocenters. The van der Waals surface area contributed by atoms with Crippen molar-refractivity contribution >= 4 is 11.8 Å². The van der Waals surface area contributed by atoms with Crippen LogP contribution in [0.5, 0.6) is 0 Å². The molecule has 4 unspecified atom stereocenters. The van der Waals surface area contributed by atoms with Crippen molar-refractivity contribution in [2.45, 2.75) is 58.8 Å². The summed E-state index contributed by atoms with van der Waals surface area (Å²) in [5.74, 6) is 0.364. The van der Waals surface area contributed by atoms with Crippen LogP contribution in [0.2, 0.25) is 0 Å². The Bertz CT molecular complexity index is 375. The molecular formula is C17H30N2O2. The monoisotopic (exact) mass is 294 g/mol. The minimum atomic E-state index is -0.258. The number of primary amides is 1. The molecule has 0 radical (unpaired) electrons. The highest BCUT2D eigenvalue weighted by Crippen LogP contribution is 2.52. The average molecular weight is 294 g/mol. The highest BCUT2D eigenvalue weighted by molar-refractivity contribution is 5.88. The van der Waals surface area contributed by atoms with E-state index >= 15 is 0 Å². The fraction of sp³-hybridized carbons (Fsp3) is 0.882. The number of amides is 2. The summed E-state index contributed by atoms with van der Waals surface area (Å²) in [5.41, 5.74) is 5.60. The van der Waals surface area contributed by atoms with Gasteiger partial charge in [0.2, 0.25) is 11.8 Å². The van der Waals surface area contributed by atoms with Crippen molar-refractivity contribution in [3.05, 3.63) is 0 Å². The lowest BCUT2D eigenvalue weighted by Crippen LogP contribution is -2.46. The number of nitrogens with two attached hydrogens (primary N) is 1. The Balaban J connectivity index is 2.08. The predicted octanol–water partition coefficient (Wildman–Crippen LogP) is 2.56. The summed E-state index contributed by atoms with van der Waals surface area (Å²) in [6, 6.07) is 0. The normalized spacial score (nSPS) is 30.6. The number of rotatable bonds is 8. The van der Waals surface area contributed by atoms with Gasteiger partial charge in [0.15, 0.2) is 0 Å². The van der Waals surface area contributed by atoms with E-state index in [1.807, 2.05) is 4.90 Å². The predicted molar refractivity (Wildman–Crippen MR) is 83.4 cm³/mol. The standard InChI is InChI=1S/C17H30N2O2/c1-3-5-9-19(10-6-4-2)17(21)15-13-8-7-12(11-13)14(15)16(18)20/h12-15H,3-11H2,1-2H3,(H2,18,20). The summed E-state index contributed by atoms with van der Waals surface area (Å²) in [6.45, 7) is 5.95. The molecule has 4 heteroatoms. The van der Waals surface area contributed by atoms with Crippen molar-refractivity contribution in [1.82, 2.24) is 4.90 Å². The Morgan fingerprint density at radius 3 is 2.00 bits per heavy atom. The Morgan fingerprint density at radius 1 is 1.00 bits per heavy atom. The van der Waals surface area contributed by atoms with Gasteiger partial charge in [-0.25, -0.2) is 0 Å². The van der Waals surface area contributed by atoms with E-state index in [1.165, 1.54) is 0 Å². The van der Waals surface area contributed by atoms with Crippen molar-refractivity contribution < 1.29 is 9.59 Å². The zero-order chi connectivity index (χ0) is 15.4. The van der Waals surface area contributed by atoms with Gasteiger partial charge < -0.3 is 10.6 Å². The maximum absolute atomic E-state index is 13.0. The molecule has 0 spiro atoms. The number of nitrogens with zero attached hydrogens (tertiary/aromatic N) is 1. The van der Waals surface area contributed by atoms with E-state index in [-0.39, 0.29) is 23.7 Å². The summed E-state index contributed by atoms with van der Waals surface area (Å²) in [4.78, 5) is 26.8. The highest BCUT2D eigenvalue weighted by atomic mass is 16.2. The Morgan fingerprint density at radius 2 is 1.52 bits per heavy atom. The second-order valence-electron chi connectivity index (χ2n) is 6.82. The highest BCUT2D eigenvalue weighted by Gasteiger charge is 2.53. The zero-order valence-corrected chi connectivity index (χ0v) is 13.5. The molecule has 2 fully saturated rings. The van der Waals surface area contributed by atoms with E-state index in [1.54, 1.807) is 0 Å². The number of hydrogen-bond donors (Lipinski definition) is 1. The second-order valence-corrected chi connectivity index (χ2v) is 6.82. The van der Waals surface area contributed by atoms with Gasteiger partial charge in [0.1, 0.15) is 0 Å². The van der Waals surface area contributed by atoms with Crippen LogP contribution in [-0.2, 0) is 9.59 Å². The summed E-state index contributed by atoms with van der Waals surface area (Å²) in [6.07, 6.45) is 7.46. The SMILES string of the molecule is CCCCN(CCCC)C(=O)C1C2CCC(C2)C1C(N)=O. The first kappa shape index (κ1) is 16.3. The smallest absolute Gasteiger partial charge is 0.226 e. The van der Waals surface area contributed by atoms with Gasteiger partial charge in [-0.05, 0) is 43.9 Å². The maximum atomic E-state index is 13.0. The van der Waals surface area contributed by atoms with Gasteiger partial charge in [-0.15, -0.1) is 0 Å². The zero-order valence-electron chi connectivity index (χ0n) is 13.5. The third-order valence-corrected chi connectivity index (χ3v) is 5.40. The van der Waals surface area contributed by atoms with Crippen LogP contribution in [0.4, 0.5) is 0 Å². The van der Waals surface area contributed by atoms with Crippen molar-refractivity contribution in [3.63, 3.8) is 0 Å². The van der Waals surface area contributed by atoms with E-state index in [9.17, 15) is 9.59 Å². The van der Waals surface area contributed by atoms with Crippen molar-refractivity contribution in [2.75, 3.05) is 13.1 Å². The molecule has 0 aliphatic heterocycles. The molecule has 4 nitrogen and oxygen atoms in total. The number of carbonyl (C=O) groups is 2. The van der Waals surface area contributed by atoms with E-state index in [4.69, 9.17) is 5.73 Å². The first-order valence-corrected chi connectivity index (χ1v) is 8.68. The molecule has 0 saturated heterocycles. The minimum Gasteiger partial charge on any atom is -0.369 e. The summed E-state index contributed by atoms with van der Waals surface area (Å²) < 4.78 is 0. The molecule has 2 amide bonds. The number of fused-ring (bicyclic) bond motifs is 2. The lowest BCUT2D eigenvalue weighted by molar-refractivity contribution is -0.143. The fourth-order valence-corrected chi connectivity index (χ4v) is 4.30. The molecule has 2 N–H and O–H groups in total. The molecule has 0 aromatic carbocycles. The summed E-state index contributed by atoms with van der Waals surface area (Å²) in [5, 5.41) is 0. The molecule has 2 aliphatic rings. The fourth-order valence-electron chi connectivity index (χ4n) is 4.30. The van der Waals surface area contributed by atoms with E-state index in [0.717, 1.165) is 58.0 Å². The number of unbranched alkanes of at least 4 members (excludes halogenated alkanes) is 2. The first-order valence-electron chi connectivity index (χ1n) is 8.68. The molecular weight excluding hydrogens is 264 g/mol. The van der Waals surface area contributed by atoms with Crippen molar-refractivity contribution in [1.29, 1.82) is 0 Å². The quantitative estimate of drug-likeness (QED) is 0.748. The van der Waals surface area contributed by atoms with Crippen LogP contribution in [0, 0.1) is 23.7 Å². The van der Waals surface area contributed by atoms with E-state index < -0.39 is 0 Å². The van der Waals surface area contributed by atoms with Crippen LogP contribution in [-0.4, -0.2) is 29.8 Å². The van der Waals surface area contributed by atoms with Crippen LogP contribution >= 0.6 is 0 Å². The lowest BCUT2D eigenvalue weighted by atomic mass is 9.78. The topological polar surface area (TPSA) is 63.4 Å². The third-order valence-electron chi connectivity index (χ3n) is 5.40. The Hall–Kier alpha value is -1.06. The molecule has 0 aromatic rings. The molecule has 0 aromatic heterocycles. The molecule has 21 heavy (non-hydrogen) atoms. The Labute approximate surface area is 128 Å². The van der Waals surface area contributed by atoms with Crippen molar-refractivity contribution in [3.8, 4) is 0 Å². The number of carbonyl (C=O) groups excluding carboxylic acids is 2. The first-order chi connectivity index (χ1) is 10.1. The molecule has 2 rings (SSSR count). The van der Waals surface area contributed by atoms with Gasteiger partial charge >= 0.3 is 0 Å². The van der Waals surface area contributed by atoms with Crippen LogP contribution in [0.25, 0.3) is 0 Å². The van der Waals surface area contributed by atoms with Gasteiger partial charge in [0, 0.05) is 13.1 Å². The van der Waals surface area contributed by atoms with Crippen molar-refractivity contribution in [2.24, 2.45) is 29.4 Å². The summed E-state index contributed by atoms with van der Waals surface area (Å²) >= 11 is 0. The maximum Gasteiger partial charge on any atom is 0.226 e. The molecule has 2 bridgehead atoms. The van der Waals surface area contributed by atoms with Gasteiger partial charge in [0.05, 0.1) is 11.8 Å². The molecule has 120 valence electrons. The average Bonchev–Trinajstić information content (AvgIpc) is 3.07. The Kier molecular flexibility index (Phi) is 5.65. The molecule has 2 aliphatic carbocycles. The van der Waals surface area contributed by atoms with Crippen LogP contribution < -0.4 is 5.73 Å². The second kappa shape index (κ2) is 7.28. The largest absolute Gasteiger partial charge is 0.369 e. The lowest BCUT2D eigenvalue weighted by Gasteiger charge is -2.33. The number of hydrogen-bond acceptors (Lipinski definition) is 2.